The molecule has 9 fully saturated rings. The third-order valence-electron chi connectivity index (χ3n) is 23.8. The Morgan fingerprint density at radius 1 is 0.530 bits per heavy atom. The monoisotopic (exact) mass is 1890 g/mol. The van der Waals surface area contributed by atoms with E-state index in [0.717, 1.165) is 169 Å². The number of alkyl halides is 2. The summed E-state index contributed by atoms with van der Waals surface area (Å²) >= 11 is 12.0. The Balaban J connectivity index is 0.000000204. The van der Waals surface area contributed by atoms with Gasteiger partial charge < -0.3 is 71.7 Å². The molecule has 14 atom stereocenters. The van der Waals surface area contributed by atoms with Crippen molar-refractivity contribution < 1.29 is 76.4 Å². The van der Waals surface area contributed by atoms with Crippen molar-refractivity contribution in [3.63, 3.8) is 0 Å². The van der Waals surface area contributed by atoms with Gasteiger partial charge in [0, 0.05) is 86.8 Å². The molecule has 0 aliphatic carbocycles. The molecule has 2 N–H and O–H groups in total. The van der Waals surface area contributed by atoms with E-state index in [4.69, 9.17) is 81.5 Å². The van der Waals surface area contributed by atoms with E-state index in [1.54, 1.807) is 0 Å². The number of carbonyl (C=O) groups is 3. The summed E-state index contributed by atoms with van der Waals surface area (Å²) < 4.78 is 66.1. The van der Waals surface area contributed by atoms with Crippen LogP contribution in [0.4, 0.5) is 0 Å². The zero-order chi connectivity index (χ0) is 83.6. The SMILES string of the molecule is C.C1CCOC1.C=C1C[C@H](CCCO)O[C@H]1CCC1CCC(=O)O1.C=C1C[C@H](CCCO[Si](c2ccccc2)(c2ccccc2)C(C)(C)C)O[C@H]1CCC1CCC(=O)O1.CC(C)(C)[Si](Cl)(c1ccccc1)c1ccccc1.[C-]#[N+]CC[C@H]1CC[C@@H]2O[C@@H](CCC(=O)OC)C[C@]2(CI)O1.[C-]#[N+]CC[C@H]1CC[C@@H]2O[C@@H](CCCO)C[C@]2(CI)O1. The highest BCUT2D eigenvalue weighted by Gasteiger charge is 2.55. The van der Waals surface area contributed by atoms with Crippen LogP contribution in [0.5, 0.6) is 0 Å². The summed E-state index contributed by atoms with van der Waals surface area (Å²) in [6.07, 6.45) is 26.2. The first-order valence-electron chi connectivity index (χ1n) is 42.7. The molecule has 9 aliphatic heterocycles. The van der Waals surface area contributed by atoms with Crippen LogP contribution in [0.3, 0.4) is 0 Å². The first-order valence-corrected chi connectivity index (χ1v) is 50.7. The minimum absolute atomic E-state index is 0. The molecule has 117 heavy (non-hydrogen) atoms. The lowest BCUT2D eigenvalue weighted by atomic mass is 9.87. The maximum Gasteiger partial charge on any atom is 0.306 e. The van der Waals surface area contributed by atoms with Gasteiger partial charge in [0.15, 0.2) is 0 Å². The van der Waals surface area contributed by atoms with E-state index in [9.17, 15) is 14.4 Å². The Bertz CT molecular complexity index is 3590. The molecule has 9 saturated heterocycles. The molecule has 4 aromatic rings. The number of fused-ring (bicyclic) bond motifs is 2. The minimum atomic E-state index is -2.49. The molecule has 9 aliphatic rings. The predicted octanol–water partition coefficient (Wildman–Crippen LogP) is 18.1. The number of nitrogens with zero attached hydrogens (tertiary/aromatic N) is 2. The number of benzene rings is 4. The lowest BCUT2D eigenvalue weighted by Gasteiger charge is -2.43. The number of methoxy groups -OCH3 is 1. The van der Waals surface area contributed by atoms with Crippen molar-refractivity contribution in [1.29, 1.82) is 0 Å². The van der Waals surface area contributed by atoms with Gasteiger partial charge in [0.25, 0.3) is 8.32 Å². The molecule has 13 rings (SSSR count). The first-order chi connectivity index (χ1) is 55.8. The smallest absolute Gasteiger partial charge is 0.306 e. The lowest BCUT2D eigenvalue weighted by molar-refractivity contribution is -0.153. The summed E-state index contributed by atoms with van der Waals surface area (Å²) in [5, 5.41) is 23.0. The van der Waals surface area contributed by atoms with Crippen LogP contribution < -0.4 is 20.7 Å². The summed E-state index contributed by atoms with van der Waals surface area (Å²) in [5.41, 5.74) is 1.94. The second-order valence-electron chi connectivity index (χ2n) is 34.4. The zero-order valence-corrected chi connectivity index (χ0v) is 77.3. The van der Waals surface area contributed by atoms with Crippen LogP contribution in [0.1, 0.15) is 229 Å². The van der Waals surface area contributed by atoms with Crippen molar-refractivity contribution in [3.8, 4) is 0 Å². The van der Waals surface area contributed by atoms with Gasteiger partial charge in [0.05, 0.1) is 68.1 Å². The highest BCUT2D eigenvalue weighted by molar-refractivity contribution is 14.1. The van der Waals surface area contributed by atoms with Crippen molar-refractivity contribution in [2.75, 3.05) is 62.1 Å². The van der Waals surface area contributed by atoms with Gasteiger partial charge in [-0.15, -0.1) is 0 Å². The van der Waals surface area contributed by atoms with Crippen molar-refractivity contribution in [2.45, 2.75) is 323 Å². The van der Waals surface area contributed by atoms with E-state index in [2.05, 4.69) is 224 Å². The van der Waals surface area contributed by atoms with Gasteiger partial charge >= 0.3 is 17.9 Å². The maximum atomic E-state index is 11.3. The van der Waals surface area contributed by atoms with Gasteiger partial charge in [-0.3, -0.25) is 14.4 Å². The number of carbonyl (C=O) groups excluding carboxylic acids is 3. The number of hydrogen-bond donors (Lipinski definition) is 2. The molecule has 0 saturated carbocycles. The number of hydrogen-bond acceptors (Lipinski definition) is 16. The van der Waals surface area contributed by atoms with Gasteiger partial charge in [-0.2, -0.15) is 11.1 Å². The molecule has 0 spiro atoms. The molecule has 0 aromatic heterocycles. The quantitative estimate of drug-likeness (QED) is 0.00574. The largest absolute Gasteiger partial charge is 0.469 e. The van der Waals surface area contributed by atoms with Crippen molar-refractivity contribution >= 4 is 111 Å². The molecule has 2 unspecified atom stereocenters. The Labute approximate surface area is 735 Å². The summed E-state index contributed by atoms with van der Waals surface area (Å²) in [5.74, 6) is -0.334. The third-order valence-corrected chi connectivity index (χ3v) is 38.8. The van der Waals surface area contributed by atoms with Gasteiger partial charge in [0.1, 0.15) is 23.4 Å². The maximum absolute atomic E-state index is 11.3. The number of cyclic esters (lactones) is 2. The molecule has 648 valence electrons. The Morgan fingerprint density at radius 3 is 1.28 bits per heavy atom. The third kappa shape index (κ3) is 29.3. The van der Waals surface area contributed by atoms with E-state index in [1.807, 2.05) is 12.1 Å². The normalized spacial score (nSPS) is 27.2. The van der Waals surface area contributed by atoms with Gasteiger partial charge in [-0.05, 0) is 177 Å². The van der Waals surface area contributed by atoms with Gasteiger partial charge in [-0.25, -0.2) is 13.1 Å². The Morgan fingerprint density at radius 2 is 0.932 bits per heavy atom. The molecular formula is C94H137ClI2N2O16Si2. The van der Waals surface area contributed by atoms with Crippen LogP contribution in [0, 0.1) is 13.1 Å². The second kappa shape index (κ2) is 50.3. The molecule has 4 aromatic carbocycles. The summed E-state index contributed by atoms with van der Waals surface area (Å²) in [6, 6.07) is 42.7. The predicted molar refractivity (Wildman–Crippen MR) is 489 cm³/mol. The van der Waals surface area contributed by atoms with Crippen molar-refractivity contribution in [1.82, 2.24) is 0 Å². The second-order valence-corrected chi connectivity index (χ2v) is 45.9. The molecule has 9 heterocycles. The number of aliphatic hydroxyl groups is 2. The molecule has 18 nitrogen and oxygen atoms in total. The lowest BCUT2D eigenvalue weighted by Crippen LogP contribution is -2.66. The average molecular weight is 1900 g/mol. The van der Waals surface area contributed by atoms with Crippen LogP contribution in [-0.2, 0) is 66.2 Å². The van der Waals surface area contributed by atoms with E-state index in [1.165, 1.54) is 46.3 Å². The van der Waals surface area contributed by atoms with Crippen molar-refractivity contribution in [2.24, 2.45) is 0 Å². The topological polar surface area (TPSA) is 202 Å². The van der Waals surface area contributed by atoms with E-state index < -0.39 is 15.7 Å². The summed E-state index contributed by atoms with van der Waals surface area (Å²) in [4.78, 5) is 40.5. The fraction of sp³-hybridized carbons (Fsp3) is 0.649. The summed E-state index contributed by atoms with van der Waals surface area (Å²) in [6.45, 7) is 40.0. The van der Waals surface area contributed by atoms with Crippen LogP contribution in [0.2, 0.25) is 10.1 Å². The standard InChI is InChI=1S/C30H40O4Si.C16H19ClSi.C15H22INO4.C14H22INO3.C14H22O4.C4H8O.CH4/c1-23-22-25(33-28(23)19-17-24-18-20-29(31)34-24)12-11-21-32-35(30(2,3)4,26-13-7-5-8-14-26)27-15-9-6-10-16-27;1-16(2,3)18(17,14-10-6-4-7-11-14)15-12-8-5-9-13-15;1-17-8-7-11-3-5-13-15(10-16,21-11)9-12(20-13)4-6-14(18)19-2;1-16-7-6-11-4-5-13-14(10-15,19-11)9-12(18-13)3-2-8-17;1-10-9-12(3-2-8-15)17-13(10)6-4-11-5-7-14(16)18-11;1-2-4-5-3-1;/h5-10,13-16,24-25,28H,1,11-12,17-22H2,2-4H3;4-13H,1-3H3;11-13H,3-10H2,2H3;11-13,17H,2-10H2;11-13,15H,1-9H2;1-4H2;1H4/t24?,25-,28-;;11-,12+,13+,15-;11-,12+,13+,14-;11?,12-,13-;;/m0.110../s1. The fourth-order valence-electron chi connectivity index (χ4n) is 17.6. The van der Waals surface area contributed by atoms with Crippen LogP contribution in [-0.4, -0.2) is 190 Å². The number of ether oxygens (including phenoxy) is 10. The first kappa shape index (κ1) is 99.6. The molecule has 0 radical (unpaired) electrons. The van der Waals surface area contributed by atoms with E-state index in [0.29, 0.717) is 45.4 Å². The summed E-state index contributed by atoms with van der Waals surface area (Å²) in [7, 11) is -3.31. The average Bonchev–Trinajstić information content (AvgIpc) is 1.71. The molecular weight excluding hydrogens is 1760 g/mol. The van der Waals surface area contributed by atoms with Crippen molar-refractivity contribution in [3.05, 3.63) is 168 Å². The minimum Gasteiger partial charge on any atom is -0.469 e. The highest BCUT2D eigenvalue weighted by Crippen LogP contribution is 2.47. The van der Waals surface area contributed by atoms with Crippen LogP contribution in [0.25, 0.3) is 9.69 Å². The number of rotatable bonds is 30. The number of esters is 3. The molecule has 23 heteroatoms. The Hall–Kier alpha value is -4.47. The van der Waals surface area contributed by atoms with Crippen LogP contribution >= 0.6 is 56.3 Å². The van der Waals surface area contributed by atoms with E-state index >= 15 is 0 Å². The fourth-order valence-corrected chi connectivity index (χ4v) is 28.3. The van der Waals surface area contributed by atoms with E-state index in [-0.39, 0.29) is 133 Å². The van der Waals surface area contributed by atoms with Crippen LogP contribution in [0.15, 0.2) is 146 Å². The highest BCUT2D eigenvalue weighted by atomic mass is 127. The molecule has 0 amide bonds. The number of aliphatic hydroxyl groups excluding tert-OH is 2. The molecule has 0 bridgehead atoms. The zero-order valence-electron chi connectivity index (χ0n) is 70.2. The Kier molecular flexibility index (Phi) is 42.9. The van der Waals surface area contributed by atoms with Gasteiger partial charge in [-0.1, -0.05) is 229 Å². The van der Waals surface area contributed by atoms with Gasteiger partial charge in [0.2, 0.25) is 20.5 Å². The number of halogens is 3.